The van der Waals surface area contributed by atoms with Gasteiger partial charge < -0.3 is 20.5 Å². The monoisotopic (exact) mass is 196 g/mol. The van der Waals surface area contributed by atoms with Crippen LogP contribution in [-0.4, -0.2) is 11.6 Å². The van der Waals surface area contributed by atoms with Crippen molar-refractivity contribution in [2.45, 2.75) is 0 Å². The molecule has 1 radical (unpaired) electrons. The summed E-state index contributed by atoms with van der Waals surface area (Å²) in [5.41, 5.74) is 0. The van der Waals surface area contributed by atoms with Gasteiger partial charge in [0.25, 0.3) is 0 Å². The van der Waals surface area contributed by atoms with Gasteiger partial charge in [-0.3, -0.25) is 0 Å². The van der Waals surface area contributed by atoms with Crippen molar-refractivity contribution in [1.82, 2.24) is 0 Å². The molecule has 7 heavy (non-hydrogen) atoms. The van der Waals surface area contributed by atoms with Crippen molar-refractivity contribution in [3.05, 3.63) is 0 Å². The van der Waals surface area contributed by atoms with Crippen LogP contribution in [-0.2, 0) is 36.5 Å². The van der Waals surface area contributed by atoms with E-state index < -0.39 is 6.16 Å². The summed E-state index contributed by atoms with van der Waals surface area (Å²) in [6.45, 7) is 0. The molecule has 4 nitrogen and oxygen atoms in total. The molecule has 0 aliphatic carbocycles. The van der Waals surface area contributed by atoms with E-state index in [9.17, 15) is 0 Å². The van der Waals surface area contributed by atoms with E-state index in [2.05, 4.69) is 0 Å². The van der Waals surface area contributed by atoms with Gasteiger partial charge in [0.1, 0.15) is 0 Å². The summed E-state index contributed by atoms with van der Waals surface area (Å²) < 4.78 is 0. The predicted octanol–water partition coefficient (Wildman–Crippen LogP) is -2.63. The molecule has 0 fully saturated rings. The summed E-state index contributed by atoms with van der Waals surface area (Å²) in [6.07, 6.45) is -2.33. The van der Waals surface area contributed by atoms with Crippen LogP contribution in [0, 0.1) is 0 Å². The minimum Gasteiger partial charge on any atom is -0.870 e. The van der Waals surface area contributed by atoms with Crippen LogP contribution in [0.2, 0.25) is 0 Å². The Morgan fingerprint density at radius 3 is 1.29 bits per heavy atom. The first kappa shape index (κ1) is 26.3. The summed E-state index contributed by atoms with van der Waals surface area (Å²) in [6, 6.07) is 0. The second-order valence-electron chi connectivity index (χ2n) is 0.250. The van der Waals surface area contributed by atoms with Crippen molar-refractivity contribution < 1.29 is 57.0 Å². The summed E-state index contributed by atoms with van der Waals surface area (Å²) in [5.74, 6) is 0. The molecule has 0 aromatic carbocycles. The second-order valence-corrected chi connectivity index (χ2v) is 0.250. The normalized spacial score (nSPS) is 3.43. The summed E-state index contributed by atoms with van der Waals surface area (Å²) in [4.78, 5) is 8.33. The number of carbonyl (C=O) groups excluding carboxylic acids is 1. The Balaban J connectivity index is -0.0000000150. The van der Waals surface area contributed by atoms with E-state index in [4.69, 9.17) is 15.0 Å². The molecular formula is CHMnO4Zn+. The minimum absolute atomic E-state index is 0. The third kappa shape index (κ3) is 877. The molecule has 0 saturated carbocycles. The summed E-state index contributed by atoms with van der Waals surface area (Å²) in [5, 5.41) is 16.7. The molecule has 0 bridgehead atoms. The molecular weight excluding hydrogens is 196 g/mol. The zero-order valence-corrected chi connectivity index (χ0v) is 7.40. The standard InChI is InChI=1S/CH2O3.Mn.H2O.Zn/c2-1(3)4;;;/h(H2,2,3,4);;1H2;/q;+2;;+2/p-3. The Morgan fingerprint density at radius 1 is 1.29 bits per heavy atom. The van der Waals surface area contributed by atoms with E-state index in [0.717, 1.165) is 0 Å². The van der Waals surface area contributed by atoms with Gasteiger partial charge >= 0.3 is 36.5 Å². The molecule has 0 rings (SSSR count). The molecule has 0 amide bonds. The van der Waals surface area contributed by atoms with Crippen LogP contribution in [0.1, 0.15) is 0 Å². The van der Waals surface area contributed by atoms with Crippen molar-refractivity contribution in [1.29, 1.82) is 0 Å². The minimum atomic E-state index is -2.33. The average Bonchev–Trinajstić information content (AvgIpc) is 0.811. The molecule has 0 aliphatic rings. The number of carboxylic acid groups (broad SMARTS) is 2. The van der Waals surface area contributed by atoms with Crippen LogP contribution >= 0.6 is 0 Å². The second kappa shape index (κ2) is 16.2. The molecule has 0 atom stereocenters. The van der Waals surface area contributed by atoms with Gasteiger partial charge in [0.15, 0.2) is 0 Å². The van der Waals surface area contributed by atoms with Crippen LogP contribution in [0.3, 0.4) is 0 Å². The zero-order chi connectivity index (χ0) is 3.58. The first-order chi connectivity index (χ1) is 1.73. The Morgan fingerprint density at radius 2 is 1.29 bits per heavy atom. The van der Waals surface area contributed by atoms with E-state index in [1.54, 1.807) is 0 Å². The molecule has 0 aromatic rings. The molecule has 37 valence electrons. The van der Waals surface area contributed by atoms with Gasteiger partial charge in [-0.1, -0.05) is 0 Å². The first-order valence-electron chi connectivity index (χ1n) is 0.612. The van der Waals surface area contributed by atoms with Crippen molar-refractivity contribution in [2.24, 2.45) is 0 Å². The van der Waals surface area contributed by atoms with E-state index >= 15 is 0 Å². The van der Waals surface area contributed by atoms with Crippen LogP contribution in [0.5, 0.6) is 0 Å². The topological polar surface area (TPSA) is 93.2 Å². The molecule has 0 spiro atoms. The molecule has 0 heterocycles. The number of hydrogen-bond donors (Lipinski definition) is 0. The van der Waals surface area contributed by atoms with Crippen LogP contribution < -0.4 is 10.2 Å². The Bertz CT molecular complexity index is 34.7. The van der Waals surface area contributed by atoms with E-state index in [0.29, 0.717) is 0 Å². The van der Waals surface area contributed by atoms with Crippen molar-refractivity contribution in [3.63, 3.8) is 0 Å². The molecule has 1 N–H and O–H groups in total. The SMILES string of the molecule is O=C([O-])[O-].[Mn+2].[OH-].[Zn+2]. The van der Waals surface area contributed by atoms with Gasteiger partial charge in [-0.25, -0.2) is 0 Å². The van der Waals surface area contributed by atoms with Gasteiger partial charge in [0.05, 0.1) is 0 Å². The number of hydrogen-bond acceptors (Lipinski definition) is 4. The van der Waals surface area contributed by atoms with Crippen molar-refractivity contribution in [3.8, 4) is 0 Å². The van der Waals surface area contributed by atoms with Crippen molar-refractivity contribution in [2.75, 3.05) is 0 Å². The quantitative estimate of drug-likeness (QED) is 0.397. The fourth-order valence-electron chi connectivity index (χ4n) is 0. The molecule has 6 heteroatoms. The van der Waals surface area contributed by atoms with E-state index in [1.807, 2.05) is 0 Å². The third-order valence-corrected chi connectivity index (χ3v) is 0. The predicted molar refractivity (Wildman–Crippen MR) is 7.33 cm³/mol. The fraction of sp³-hybridized carbons (Fsp3) is 0. The largest absolute Gasteiger partial charge is 2.00 e. The third-order valence-electron chi connectivity index (χ3n) is 0. The summed E-state index contributed by atoms with van der Waals surface area (Å²) >= 11 is 0. The average molecular weight is 197 g/mol. The molecule has 0 aliphatic heterocycles. The zero-order valence-electron chi connectivity index (χ0n) is 3.26. The fourth-order valence-corrected chi connectivity index (χ4v) is 0. The Kier molecular flexibility index (Phi) is 60.8. The first-order valence-corrected chi connectivity index (χ1v) is 0.612. The van der Waals surface area contributed by atoms with Crippen LogP contribution in [0.4, 0.5) is 4.79 Å². The van der Waals surface area contributed by atoms with Gasteiger partial charge in [-0.15, -0.1) is 0 Å². The summed E-state index contributed by atoms with van der Waals surface area (Å²) in [7, 11) is 0. The Hall–Kier alpha value is 0.373. The van der Waals surface area contributed by atoms with Crippen LogP contribution in [0.25, 0.3) is 0 Å². The Labute approximate surface area is 63.4 Å². The van der Waals surface area contributed by atoms with Crippen LogP contribution in [0.15, 0.2) is 0 Å². The number of carbonyl (C=O) groups is 1. The smallest absolute Gasteiger partial charge is 0.870 e. The maximum absolute atomic E-state index is 8.33. The van der Waals surface area contributed by atoms with E-state index in [-0.39, 0.29) is 42.0 Å². The van der Waals surface area contributed by atoms with Crippen molar-refractivity contribution >= 4 is 6.16 Å². The van der Waals surface area contributed by atoms with Gasteiger partial charge in [-0.2, -0.15) is 0 Å². The van der Waals surface area contributed by atoms with Gasteiger partial charge in [-0.05, 0) is 6.16 Å². The molecule has 0 saturated heterocycles. The molecule has 0 unspecified atom stereocenters. The molecule has 0 aromatic heterocycles. The number of rotatable bonds is 0. The van der Waals surface area contributed by atoms with Gasteiger partial charge in [0.2, 0.25) is 0 Å². The van der Waals surface area contributed by atoms with Gasteiger partial charge in [0, 0.05) is 0 Å². The maximum Gasteiger partial charge on any atom is 2.00 e. The van der Waals surface area contributed by atoms with E-state index in [1.165, 1.54) is 0 Å². The maximum atomic E-state index is 8.33.